The Kier molecular flexibility index (Phi) is 4.70. The smallest absolute Gasteiger partial charge is 0.265 e. The summed E-state index contributed by atoms with van der Waals surface area (Å²) in [7, 11) is 0. The summed E-state index contributed by atoms with van der Waals surface area (Å²) in [5.74, 6) is -0.0688. The molecule has 0 N–H and O–H groups in total. The number of nitrogens with zero attached hydrogens (tertiary/aromatic N) is 5. The second-order valence-electron chi connectivity index (χ2n) is 7.94. The first-order chi connectivity index (χ1) is 14.9. The topological polar surface area (TPSA) is 65.6 Å². The van der Waals surface area contributed by atoms with Crippen molar-refractivity contribution in [3.05, 3.63) is 70.0 Å². The molecule has 31 heavy (non-hydrogen) atoms. The van der Waals surface area contributed by atoms with E-state index in [4.69, 9.17) is 21.6 Å². The average Bonchev–Trinajstić information content (AvgIpc) is 3.07. The first-order valence-corrected chi connectivity index (χ1v) is 10.4. The molecule has 2 aromatic carbocycles. The van der Waals surface area contributed by atoms with Gasteiger partial charge < -0.3 is 0 Å². The Morgan fingerprint density at radius 3 is 2.52 bits per heavy atom. The zero-order chi connectivity index (χ0) is 21.7. The zero-order valence-electron chi connectivity index (χ0n) is 17.0. The first kappa shape index (κ1) is 19.6. The monoisotopic (exact) mass is 435 g/mol. The molecule has 0 saturated heterocycles. The van der Waals surface area contributed by atoms with Crippen molar-refractivity contribution in [1.82, 2.24) is 24.1 Å². The van der Waals surface area contributed by atoms with E-state index in [9.17, 15) is 9.18 Å². The van der Waals surface area contributed by atoms with Crippen molar-refractivity contribution in [2.75, 3.05) is 0 Å². The van der Waals surface area contributed by atoms with Gasteiger partial charge in [0.1, 0.15) is 16.7 Å². The molecule has 5 aromatic rings. The van der Waals surface area contributed by atoms with Crippen molar-refractivity contribution in [2.24, 2.45) is 5.92 Å². The lowest BCUT2D eigenvalue weighted by molar-refractivity contribution is 0.506. The van der Waals surface area contributed by atoms with E-state index in [0.717, 1.165) is 6.42 Å². The van der Waals surface area contributed by atoms with Gasteiger partial charge in [-0.15, -0.1) is 0 Å². The molecule has 0 aliphatic heterocycles. The lowest BCUT2D eigenvalue weighted by atomic mass is 10.1. The van der Waals surface area contributed by atoms with Gasteiger partial charge in [-0.3, -0.25) is 13.9 Å². The highest BCUT2D eigenvalue weighted by Gasteiger charge is 2.21. The Morgan fingerprint density at radius 1 is 1.06 bits per heavy atom. The van der Waals surface area contributed by atoms with Crippen LogP contribution in [0, 0.1) is 11.7 Å². The third-order valence-corrected chi connectivity index (χ3v) is 5.63. The summed E-state index contributed by atoms with van der Waals surface area (Å²) in [5.41, 5.74) is 3.11. The van der Waals surface area contributed by atoms with Crippen LogP contribution in [0.3, 0.4) is 0 Å². The number of aromatic nitrogens is 5. The minimum absolute atomic E-state index is 0.0217. The summed E-state index contributed by atoms with van der Waals surface area (Å²) in [6.07, 6.45) is 2.40. The number of rotatable bonds is 4. The molecular formula is C23H19ClFN5O. The third-order valence-electron chi connectivity index (χ3n) is 5.34. The minimum Gasteiger partial charge on any atom is -0.299 e. The van der Waals surface area contributed by atoms with Crippen LogP contribution in [0.4, 0.5) is 4.39 Å². The van der Waals surface area contributed by atoms with Crippen LogP contribution in [0.5, 0.6) is 0 Å². The van der Waals surface area contributed by atoms with Crippen LogP contribution in [0.25, 0.3) is 38.9 Å². The molecule has 8 heteroatoms. The highest BCUT2D eigenvalue weighted by Crippen LogP contribution is 2.29. The Hall–Kier alpha value is -3.32. The van der Waals surface area contributed by atoms with E-state index in [2.05, 4.69) is 18.8 Å². The molecule has 0 unspecified atom stereocenters. The number of halogens is 2. The number of hydrogen-bond donors (Lipinski definition) is 0. The molecule has 0 radical (unpaired) electrons. The fourth-order valence-corrected chi connectivity index (χ4v) is 3.87. The van der Waals surface area contributed by atoms with Crippen LogP contribution in [0.1, 0.15) is 20.3 Å². The fourth-order valence-electron chi connectivity index (χ4n) is 3.70. The molecule has 0 fully saturated rings. The van der Waals surface area contributed by atoms with E-state index in [1.165, 1.54) is 12.1 Å². The quantitative estimate of drug-likeness (QED) is 0.393. The minimum atomic E-state index is -0.522. The summed E-state index contributed by atoms with van der Waals surface area (Å²) < 4.78 is 17.1. The maximum absolute atomic E-state index is 13.8. The van der Waals surface area contributed by atoms with Crippen molar-refractivity contribution in [3.8, 4) is 5.69 Å². The molecule has 0 bridgehead atoms. The van der Waals surface area contributed by atoms with Gasteiger partial charge in [0.05, 0.1) is 28.1 Å². The summed E-state index contributed by atoms with van der Waals surface area (Å²) >= 11 is 6.04. The summed E-state index contributed by atoms with van der Waals surface area (Å²) in [6, 6.07) is 11.8. The van der Waals surface area contributed by atoms with Crippen LogP contribution >= 0.6 is 11.6 Å². The second-order valence-corrected chi connectivity index (χ2v) is 8.35. The third kappa shape index (κ3) is 3.25. The number of para-hydroxylation sites is 2. The number of benzene rings is 2. The highest BCUT2D eigenvalue weighted by molar-refractivity contribution is 6.31. The molecular weight excluding hydrogens is 417 g/mol. The maximum atomic E-state index is 13.8. The van der Waals surface area contributed by atoms with Gasteiger partial charge in [-0.25, -0.2) is 19.3 Å². The predicted octanol–water partition coefficient (Wildman–Crippen LogP) is 5.12. The molecule has 0 atom stereocenters. The lowest BCUT2D eigenvalue weighted by Crippen LogP contribution is -2.21. The van der Waals surface area contributed by atoms with Crippen molar-refractivity contribution < 1.29 is 4.39 Å². The lowest BCUT2D eigenvalue weighted by Gasteiger charge is -2.09. The molecule has 6 nitrogen and oxygen atoms in total. The van der Waals surface area contributed by atoms with E-state index >= 15 is 0 Å². The average molecular weight is 436 g/mol. The molecule has 3 heterocycles. The molecule has 0 spiro atoms. The first-order valence-electron chi connectivity index (χ1n) is 10.1. The summed E-state index contributed by atoms with van der Waals surface area (Å²) in [6.45, 7) is 4.78. The molecule has 0 saturated carbocycles. The summed E-state index contributed by atoms with van der Waals surface area (Å²) in [4.78, 5) is 27.5. The Balaban J connectivity index is 1.89. The van der Waals surface area contributed by atoms with Crippen molar-refractivity contribution in [1.29, 1.82) is 0 Å². The van der Waals surface area contributed by atoms with Crippen LogP contribution in [0.15, 0.2) is 53.6 Å². The van der Waals surface area contributed by atoms with Gasteiger partial charge in [-0.05, 0) is 42.7 Å². The largest absolute Gasteiger partial charge is 0.299 e. The van der Waals surface area contributed by atoms with Gasteiger partial charge in [0.25, 0.3) is 5.56 Å². The van der Waals surface area contributed by atoms with Gasteiger partial charge in [0.2, 0.25) is 0 Å². The fraction of sp³-hybridized carbons (Fsp3) is 0.217. The number of hydrogen-bond acceptors (Lipinski definition) is 4. The van der Waals surface area contributed by atoms with E-state index in [0.29, 0.717) is 51.4 Å². The second kappa shape index (κ2) is 7.42. The van der Waals surface area contributed by atoms with Crippen molar-refractivity contribution >= 4 is 44.8 Å². The zero-order valence-corrected chi connectivity index (χ0v) is 17.8. The molecule has 0 aliphatic rings. The van der Waals surface area contributed by atoms with E-state index < -0.39 is 5.82 Å². The molecule has 3 aromatic heterocycles. The Bertz CT molecular complexity index is 1520. The van der Waals surface area contributed by atoms with E-state index in [1.54, 1.807) is 21.5 Å². The maximum Gasteiger partial charge on any atom is 0.265 e. The van der Waals surface area contributed by atoms with Gasteiger partial charge in [0.15, 0.2) is 11.3 Å². The van der Waals surface area contributed by atoms with Gasteiger partial charge in [0, 0.05) is 6.54 Å². The predicted molar refractivity (Wildman–Crippen MR) is 120 cm³/mol. The SMILES string of the molecule is CC(C)CCn1cnc2c(c1=O)c1nc3ccccc3nc1n2-c1ccc(F)c(Cl)c1. The van der Waals surface area contributed by atoms with Gasteiger partial charge >= 0.3 is 0 Å². The molecule has 0 amide bonds. The highest BCUT2D eigenvalue weighted by atomic mass is 35.5. The number of aryl methyl sites for hydroxylation is 1. The van der Waals surface area contributed by atoms with E-state index in [1.807, 2.05) is 24.3 Å². The van der Waals surface area contributed by atoms with Crippen LogP contribution < -0.4 is 5.56 Å². The molecule has 0 aliphatic carbocycles. The van der Waals surface area contributed by atoms with Crippen LogP contribution in [0.2, 0.25) is 5.02 Å². The van der Waals surface area contributed by atoms with Crippen molar-refractivity contribution in [3.63, 3.8) is 0 Å². The molecule has 156 valence electrons. The normalized spacial score (nSPS) is 11.9. The standard InChI is InChI=1S/C23H19ClFN5O/c1-13(2)9-10-29-12-26-21-19(23(29)31)20-22(28-18-6-4-3-5-17(18)27-20)30(21)14-7-8-16(25)15(24)11-14/h3-8,11-13H,9-10H2,1-2H3. The van der Waals surface area contributed by atoms with Gasteiger partial charge in [-0.1, -0.05) is 37.6 Å². The van der Waals surface area contributed by atoms with Crippen molar-refractivity contribution in [2.45, 2.75) is 26.8 Å². The summed E-state index contributed by atoms with van der Waals surface area (Å²) in [5, 5.41) is 0.367. The van der Waals surface area contributed by atoms with Crippen LogP contribution in [-0.2, 0) is 6.54 Å². The van der Waals surface area contributed by atoms with E-state index in [-0.39, 0.29) is 10.6 Å². The Morgan fingerprint density at radius 2 is 1.81 bits per heavy atom. The number of fused-ring (bicyclic) bond motifs is 4. The van der Waals surface area contributed by atoms with Crippen LogP contribution in [-0.4, -0.2) is 24.1 Å². The Labute approximate surface area is 181 Å². The molecule has 5 rings (SSSR count). The van der Waals surface area contributed by atoms with Gasteiger partial charge in [-0.2, -0.15) is 0 Å².